The highest BCUT2D eigenvalue weighted by molar-refractivity contribution is 6.28. The van der Waals surface area contributed by atoms with Crippen molar-refractivity contribution in [1.29, 1.82) is 0 Å². The van der Waals surface area contributed by atoms with E-state index < -0.39 is 0 Å². The van der Waals surface area contributed by atoms with Crippen LogP contribution >= 0.6 is 0 Å². The van der Waals surface area contributed by atoms with Gasteiger partial charge in [-0.1, -0.05) is 164 Å². The molecule has 0 spiro atoms. The molecule has 12 aromatic carbocycles. The zero-order valence-electron chi connectivity index (χ0n) is 32.5. The van der Waals surface area contributed by atoms with Gasteiger partial charge in [-0.25, -0.2) is 0 Å². The van der Waals surface area contributed by atoms with Gasteiger partial charge in [0, 0.05) is 16.2 Å². The zero-order chi connectivity index (χ0) is 38.4. The van der Waals surface area contributed by atoms with Crippen molar-refractivity contribution in [1.82, 2.24) is 0 Å². The molecule has 0 fully saturated rings. The van der Waals surface area contributed by atoms with Crippen molar-refractivity contribution in [3.8, 4) is 33.4 Å². The number of hydrogen-bond acceptors (Lipinski definition) is 1. The van der Waals surface area contributed by atoms with Gasteiger partial charge in [-0.3, -0.25) is 0 Å². The molecule has 0 atom stereocenters. The highest BCUT2D eigenvalue weighted by atomic mass is 16.3. The predicted molar refractivity (Wildman–Crippen MR) is 235 cm³/mol. The van der Waals surface area contributed by atoms with Crippen LogP contribution in [0.1, 0.15) is 4.11 Å². The van der Waals surface area contributed by atoms with Gasteiger partial charge in [0.2, 0.25) is 0 Å². The van der Waals surface area contributed by atoms with Gasteiger partial charge in [0.15, 0.2) is 0 Å². The quantitative estimate of drug-likeness (QED) is 0.168. The molecule has 1 nitrogen and oxygen atoms in total. The first-order chi connectivity index (χ1) is 28.5. The fraction of sp³-hybridized carbons (Fsp3) is 0. The van der Waals surface area contributed by atoms with E-state index in [4.69, 9.17) is 4.42 Å². The lowest BCUT2D eigenvalue weighted by Gasteiger charge is -2.19. The van der Waals surface area contributed by atoms with Gasteiger partial charge in [0.05, 0.1) is 4.11 Å². The average molecular weight is 698 g/mol. The first-order valence-electron chi connectivity index (χ1n) is 20.3. The molecule has 0 amide bonds. The van der Waals surface area contributed by atoms with E-state index in [1.165, 1.54) is 10.8 Å². The summed E-state index contributed by atoms with van der Waals surface area (Å²) in [6.07, 6.45) is 0. The summed E-state index contributed by atoms with van der Waals surface area (Å²) in [4.78, 5) is 0. The molecule has 0 saturated heterocycles. The van der Waals surface area contributed by atoms with Crippen molar-refractivity contribution >= 4 is 97.3 Å². The maximum Gasteiger partial charge on any atom is 0.143 e. The molecule has 0 aliphatic heterocycles. The highest BCUT2D eigenvalue weighted by Crippen LogP contribution is 2.48. The molecule has 1 aromatic heterocycles. The van der Waals surface area contributed by atoms with Crippen LogP contribution in [0.15, 0.2) is 186 Å². The van der Waals surface area contributed by atoms with Gasteiger partial charge in [0.1, 0.15) is 11.2 Å². The van der Waals surface area contributed by atoms with Crippen LogP contribution in [-0.2, 0) is 0 Å². The molecule has 0 bridgehead atoms. The third kappa shape index (κ3) is 3.97. The Kier molecular flexibility index (Phi) is 5.15. The predicted octanol–water partition coefficient (Wildman–Crippen LogP) is 15.5. The number of hydrogen-bond donors (Lipinski definition) is 0. The van der Waals surface area contributed by atoms with Crippen molar-refractivity contribution in [2.75, 3.05) is 0 Å². The summed E-state index contributed by atoms with van der Waals surface area (Å²) >= 11 is 0. The van der Waals surface area contributed by atoms with Crippen LogP contribution < -0.4 is 0 Å². The van der Waals surface area contributed by atoms with E-state index in [2.05, 4.69) is 133 Å². The van der Waals surface area contributed by atoms with Crippen LogP contribution in [0.5, 0.6) is 0 Å². The van der Waals surface area contributed by atoms with E-state index in [0.717, 1.165) is 97.7 Å². The molecule has 13 aromatic rings. The monoisotopic (exact) mass is 697 g/mol. The second kappa shape index (κ2) is 10.7. The molecule has 0 aliphatic rings. The summed E-state index contributed by atoms with van der Waals surface area (Å²) < 4.78 is 37.1. The van der Waals surface area contributed by atoms with Crippen molar-refractivity contribution in [2.45, 2.75) is 0 Å². The van der Waals surface area contributed by atoms with Crippen molar-refractivity contribution in [2.24, 2.45) is 0 Å². The molecule has 0 saturated carbocycles. The molecule has 0 aliphatic carbocycles. The second-order valence-corrected chi connectivity index (χ2v) is 14.9. The van der Waals surface area contributed by atoms with E-state index in [9.17, 15) is 4.11 Å². The Morgan fingerprint density at radius 1 is 0.309 bits per heavy atom. The molecule has 0 unspecified atom stereocenters. The fourth-order valence-corrected chi connectivity index (χ4v) is 9.61. The minimum atomic E-state index is 0.0340. The standard InChI is InChI=1S/C54H30O/c1-2-11-40-31(6-1)18-29-46-53-43(12-5-13-48(53)55-54(40)46)41-26-23-38(39-24-19-36-16-14-32-7-3-9-34-21-27-44(39)51(36)49(32)34)30-47(41)42-25-20-37-17-15-33-8-4-10-35-22-28-45(42)52(37)50(33)35/h1-30H/i23D,26D,30D. The first kappa shape index (κ1) is 26.5. The molecule has 55 heavy (non-hydrogen) atoms. The number of furan rings is 1. The van der Waals surface area contributed by atoms with Crippen molar-refractivity contribution < 1.29 is 8.53 Å². The van der Waals surface area contributed by atoms with Crippen LogP contribution in [0.4, 0.5) is 0 Å². The Hall–Kier alpha value is -7.22. The van der Waals surface area contributed by atoms with Gasteiger partial charge in [-0.15, -0.1) is 0 Å². The van der Waals surface area contributed by atoms with Gasteiger partial charge in [0.25, 0.3) is 0 Å². The van der Waals surface area contributed by atoms with E-state index in [1.54, 1.807) is 0 Å². The van der Waals surface area contributed by atoms with E-state index in [0.29, 0.717) is 22.3 Å². The van der Waals surface area contributed by atoms with E-state index >= 15 is 0 Å². The summed E-state index contributed by atoms with van der Waals surface area (Å²) in [6, 6.07) is 57.4. The summed E-state index contributed by atoms with van der Waals surface area (Å²) in [5.74, 6) is 0. The Labute approximate surface area is 320 Å². The first-order valence-corrected chi connectivity index (χ1v) is 18.8. The van der Waals surface area contributed by atoms with Gasteiger partial charge in [-0.2, -0.15) is 0 Å². The summed E-state index contributed by atoms with van der Waals surface area (Å²) in [6.45, 7) is 0. The average Bonchev–Trinajstić information content (AvgIpc) is 3.66. The molecule has 1 heterocycles. The molecule has 13 rings (SSSR count). The fourth-order valence-electron chi connectivity index (χ4n) is 9.61. The van der Waals surface area contributed by atoms with Crippen LogP contribution in [0.2, 0.25) is 0 Å². The third-order valence-corrected chi connectivity index (χ3v) is 12.1. The zero-order valence-corrected chi connectivity index (χ0v) is 29.5. The maximum atomic E-state index is 10.4. The van der Waals surface area contributed by atoms with Crippen molar-refractivity contribution in [3.05, 3.63) is 182 Å². The summed E-state index contributed by atoms with van der Waals surface area (Å²) in [5, 5.41) is 17.4. The second-order valence-electron chi connectivity index (χ2n) is 14.9. The maximum absolute atomic E-state index is 10.4. The van der Waals surface area contributed by atoms with Gasteiger partial charge >= 0.3 is 0 Å². The van der Waals surface area contributed by atoms with Gasteiger partial charge < -0.3 is 4.42 Å². The molecule has 0 radical (unpaired) electrons. The van der Waals surface area contributed by atoms with Crippen molar-refractivity contribution in [3.63, 3.8) is 0 Å². The van der Waals surface area contributed by atoms with E-state index in [1.807, 2.05) is 30.3 Å². The third-order valence-electron chi connectivity index (χ3n) is 12.1. The molecular formula is C54H30O. The topological polar surface area (TPSA) is 13.1 Å². The Balaban J connectivity index is 1.20. The number of fused-ring (bicyclic) bond motifs is 5. The normalized spacial score (nSPS) is 13.1. The molecule has 0 N–H and O–H groups in total. The minimum absolute atomic E-state index is 0.0340. The molecule has 252 valence electrons. The smallest absolute Gasteiger partial charge is 0.143 e. The minimum Gasteiger partial charge on any atom is -0.455 e. The van der Waals surface area contributed by atoms with Crippen LogP contribution in [0.3, 0.4) is 0 Å². The Morgan fingerprint density at radius 2 is 0.836 bits per heavy atom. The SMILES string of the molecule is [2H]c1c([2H])c(-c2cccc3oc4c5ccccc5ccc4c23)c(-c2ccc3ccc4cccc5ccc2c3c45)c([2H])c1-c1ccc2ccc3cccc4ccc1c2c34. The van der Waals surface area contributed by atoms with Crippen LogP contribution in [0.25, 0.3) is 131 Å². The summed E-state index contributed by atoms with van der Waals surface area (Å²) in [7, 11) is 0. The lowest BCUT2D eigenvalue weighted by Crippen LogP contribution is -1.92. The lowest BCUT2D eigenvalue weighted by atomic mass is 9.84. The molecule has 1 heteroatoms. The Morgan fingerprint density at radius 3 is 1.55 bits per heavy atom. The number of benzene rings is 12. The van der Waals surface area contributed by atoms with Gasteiger partial charge in [-0.05, 0) is 122 Å². The lowest BCUT2D eigenvalue weighted by molar-refractivity contribution is 0.673. The van der Waals surface area contributed by atoms with Crippen LogP contribution in [0, 0.1) is 0 Å². The number of rotatable bonds is 3. The Bertz CT molecular complexity index is 3860. The summed E-state index contributed by atoms with van der Waals surface area (Å²) in [5.41, 5.74) is 5.60. The molecular weight excluding hydrogens is 665 g/mol. The van der Waals surface area contributed by atoms with E-state index in [-0.39, 0.29) is 18.1 Å². The largest absolute Gasteiger partial charge is 0.455 e. The highest BCUT2D eigenvalue weighted by Gasteiger charge is 2.21. The van der Waals surface area contributed by atoms with Crippen LogP contribution in [-0.4, -0.2) is 0 Å².